The number of hydrogen-bond acceptors (Lipinski definition) is 2. The van der Waals surface area contributed by atoms with E-state index in [4.69, 9.17) is 0 Å². The summed E-state index contributed by atoms with van der Waals surface area (Å²) >= 11 is 0. The maximum atomic E-state index is 10.1. The van der Waals surface area contributed by atoms with Gasteiger partial charge in [0.05, 0.1) is 0 Å². The Bertz CT molecular complexity index is 118. The first-order valence-corrected chi connectivity index (χ1v) is 2.14. The van der Waals surface area contributed by atoms with Crippen LogP contribution in [-0.4, -0.2) is 12.2 Å². The standard InChI is InChI=1S/C5H7NO2/c1-5(8)2-3-6-4-7/h2-4H,1H3,(H,6,7)/b3-2+. The lowest BCUT2D eigenvalue weighted by atomic mass is 10.4. The molecule has 0 saturated heterocycles. The lowest BCUT2D eigenvalue weighted by Gasteiger charge is -1.78. The van der Waals surface area contributed by atoms with Gasteiger partial charge in [-0.15, -0.1) is 0 Å². The van der Waals surface area contributed by atoms with E-state index in [0.717, 1.165) is 0 Å². The fraction of sp³-hybridized carbons (Fsp3) is 0.200. The van der Waals surface area contributed by atoms with Crippen molar-refractivity contribution < 1.29 is 9.59 Å². The van der Waals surface area contributed by atoms with Crippen LogP contribution in [0.15, 0.2) is 12.3 Å². The highest BCUT2D eigenvalue weighted by Crippen LogP contribution is 1.67. The van der Waals surface area contributed by atoms with Crippen LogP contribution in [0.3, 0.4) is 0 Å². The average molecular weight is 113 g/mol. The molecule has 0 aromatic carbocycles. The second-order valence-corrected chi connectivity index (χ2v) is 1.23. The second-order valence-electron chi connectivity index (χ2n) is 1.23. The molecule has 0 aliphatic carbocycles. The molecule has 0 aromatic heterocycles. The van der Waals surface area contributed by atoms with Crippen LogP contribution in [0.2, 0.25) is 0 Å². The monoisotopic (exact) mass is 113 g/mol. The molecule has 3 heteroatoms. The maximum absolute atomic E-state index is 10.1. The molecule has 0 atom stereocenters. The molecule has 1 amide bonds. The number of amides is 1. The Morgan fingerprint density at radius 1 is 1.62 bits per heavy atom. The SMILES string of the molecule is CC(=O)/C=C/NC=O. The molecule has 0 saturated carbocycles. The van der Waals surface area contributed by atoms with Gasteiger partial charge < -0.3 is 5.32 Å². The Balaban J connectivity index is 3.34. The molecule has 0 aliphatic heterocycles. The quantitative estimate of drug-likeness (QED) is 0.408. The first-order chi connectivity index (χ1) is 3.77. The molecule has 1 N–H and O–H groups in total. The van der Waals surface area contributed by atoms with Gasteiger partial charge in [-0.3, -0.25) is 9.59 Å². The van der Waals surface area contributed by atoms with Gasteiger partial charge in [0, 0.05) is 6.20 Å². The van der Waals surface area contributed by atoms with Crippen LogP contribution in [0.5, 0.6) is 0 Å². The topological polar surface area (TPSA) is 46.2 Å². The maximum Gasteiger partial charge on any atom is 0.211 e. The summed E-state index contributed by atoms with van der Waals surface area (Å²) in [5, 5.41) is 2.20. The molecule has 0 fully saturated rings. The molecule has 0 aliphatic rings. The van der Waals surface area contributed by atoms with E-state index in [-0.39, 0.29) is 5.78 Å². The van der Waals surface area contributed by atoms with Crippen LogP contribution in [0, 0.1) is 0 Å². The zero-order valence-electron chi connectivity index (χ0n) is 4.55. The van der Waals surface area contributed by atoms with E-state index in [9.17, 15) is 9.59 Å². The molecule has 0 spiro atoms. The predicted octanol–water partition coefficient (Wildman–Crippen LogP) is -0.165. The molecule has 44 valence electrons. The van der Waals surface area contributed by atoms with Gasteiger partial charge in [-0.25, -0.2) is 0 Å². The fourth-order valence-electron chi connectivity index (χ4n) is 0.205. The van der Waals surface area contributed by atoms with Gasteiger partial charge in [-0.1, -0.05) is 0 Å². The van der Waals surface area contributed by atoms with Crippen molar-refractivity contribution in [3.05, 3.63) is 12.3 Å². The summed E-state index contributed by atoms with van der Waals surface area (Å²) in [5.41, 5.74) is 0. The average Bonchev–Trinajstić information content (AvgIpc) is 1.66. The van der Waals surface area contributed by atoms with E-state index in [1.807, 2.05) is 0 Å². The Kier molecular flexibility index (Phi) is 3.48. The normalized spacial score (nSPS) is 9.12. The largest absolute Gasteiger partial charge is 0.335 e. The summed E-state index contributed by atoms with van der Waals surface area (Å²) < 4.78 is 0. The summed E-state index contributed by atoms with van der Waals surface area (Å²) in [6.07, 6.45) is 3.06. The van der Waals surface area contributed by atoms with E-state index >= 15 is 0 Å². The van der Waals surface area contributed by atoms with Crippen LogP contribution in [0.1, 0.15) is 6.92 Å². The van der Waals surface area contributed by atoms with Crippen LogP contribution in [0.25, 0.3) is 0 Å². The smallest absolute Gasteiger partial charge is 0.211 e. The highest BCUT2D eigenvalue weighted by Gasteiger charge is 1.76. The third-order valence-corrected chi connectivity index (χ3v) is 0.482. The van der Waals surface area contributed by atoms with Gasteiger partial charge in [-0.05, 0) is 13.0 Å². The molecule has 0 heterocycles. The Hall–Kier alpha value is -1.12. The van der Waals surface area contributed by atoms with Crippen molar-refractivity contribution in [2.45, 2.75) is 6.92 Å². The molecule has 0 bridgehead atoms. The zero-order valence-corrected chi connectivity index (χ0v) is 4.55. The second kappa shape index (κ2) is 4.05. The Morgan fingerprint density at radius 2 is 2.25 bits per heavy atom. The third-order valence-electron chi connectivity index (χ3n) is 0.482. The van der Waals surface area contributed by atoms with E-state index < -0.39 is 0 Å². The molecule has 8 heavy (non-hydrogen) atoms. The highest BCUT2D eigenvalue weighted by atomic mass is 16.1. The number of carbonyl (C=O) groups excluding carboxylic acids is 2. The molecule has 0 radical (unpaired) electrons. The van der Waals surface area contributed by atoms with Crippen LogP contribution in [-0.2, 0) is 9.59 Å². The van der Waals surface area contributed by atoms with Crippen LogP contribution < -0.4 is 5.32 Å². The molecule has 0 unspecified atom stereocenters. The molecular weight excluding hydrogens is 106 g/mol. The number of rotatable bonds is 3. The van der Waals surface area contributed by atoms with Gasteiger partial charge in [0.1, 0.15) is 0 Å². The first-order valence-electron chi connectivity index (χ1n) is 2.14. The van der Waals surface area contributed by atoms with Crippen LogP contribution >= 0.6 is 0 Å². The minimum atomic E-state index is -0.0839. The van der Waals surface area contributed by atoms with Gasteiger partial charge in [0.25, 0.3) is 0 Å². The number of ketones is 1. The number of allylic oxidation sites excluding steroid dienone is 1. The molecule has 3 nitrogen and oxygen atoms in total. The van der Waals surface area contributed by atoms with Crippen molar-refractivity contribution in [1.82, 2.24) is 5.32 Å². The van der Waals surface area contributed by atoms with Crippen LogP contribution in [0.4, 0.5) is 0 Å². The van der Waals surface area contributed by atoms with Gasteiger partial charge in [0.15, 0.2) is 5.78 Å². The lowest BCUT2D eigenvalue weighted by Crippen LogP contribution is -1.99. The van der Waals surface area contributed by atoms with Gasteiger partial charge in [-0.2, -0.15) is 0 Å². The van der Waals surface area contributed by atoms with Crippen molar-refractivity contribution in [3.63, 3.8) is 0 Å². The predicted molar refractivity (Wildman–Crippen MR) is 29.0 cm³/mol. The van der Waals surface area contributed by atoms with E-state index in [1.165, 1.54) is 19.2 Å². The molecule has 0 rings (SSSR count). The van der Waals surface area contributed by atoms with E-state index in [0.29, 0.717) is 6.41 Å². The summed E-state index contributed by atoms with van der Waals surface area (Å²) in [6, 6.07) is 0. The van der Waals surface area contributed by atoms with Gasteiger partial charge in [0.2, 0.25) is 6.41 Å². The Labute approximate surface area is 47.4 Å². The summed E-state index contributed by atoms with van der Waals surface area (Å²) in [6.45, 7) is 1.41. The summed E-state index contributed by atoms with van der Waals surface area (Å²) in [7, 11) is 0. The number of hydrogen-bond donors (Lipinski definition) is 1. The van der Waals surface area contributed by atoms with Crippen molar-refractivity contribution in [3.8, 4) is 0 Å². The fourth-order valence-corrected chi connectivity index (χ4v) is 0.205. The Morgan fingerprint density at radius 3 is 2.62 bits per heavy atom. The number of nitrogens with one attached hydrogen (secondary N) is 1. The zero-order chi connectivity index (χ0) is 6.41. The first kappa shape index (κ1) is 6.88. The van der Waals surface area contributed by atoms with Crippen molar-refractivity contribution >= 4 is 12.2 Å². The van der Waals surface area contributed by atoms with E-state index in [2.05, 4.69) is 5.32 Å². The lowest BCUT2D eigenvalue weighted by molar-refractivity contribution is -0.112. The molecule has 0 aromatic rings. The minimum Gasteiger partial charge on any atom is -0.335 e. The van der Waals surface area contributed by atoms with Crippen molar-refractivity contribution in [2.75, 3.05) is 0 Å². The van der Waals surface area contributed by atoms with Crippen molar-refractivity contribution in [2.24, 2.45) is 0 Å². The highest BCUT2D eigenvalue weighted by molar-refractivity contribution is 5.87. The minimum absolute atomic E-state index is 0.0839. The summed E-state index contributed by atoms with van der Waals surface area (Å²) in [5.74, 6) is -0.0839. The summed E-state index contributed by atoms with van der Waals surface area (Å²) in [4.78, 5) is 19.6. The van der Waals surface area contributed by atoms with Gasteiger partial charge >= 0.3 is 0 Å². The molecular formula is C5H7NO2. The third kappa shape index (κ3) is 4.88. The van der Waals surface area contributed by atoms with E-state index in [1.54, 1.807) is 0 Å². The number of carbonyl (C=O) groups is 2. The van der Waals surface area contributed by atoms with Crippen molar-refractivity contribution in [1.29, 1.82) is 0 Å².